The van der Waals surface area contributed by atoms with Crippen molar-refractivity contribution in [1.82, 2.24) is 4.90 Å². The Hall–Kier alpha value is -3.07. The molecule has 1 fully saturated rings. The highest BCUT2D eigenvalue weighted by molar-refractivity contribution is 5.92. The summed E-state index contributed by atoms with van der Waals surface area (Å²) in [5.74, 6) is -1.25. The first-order valence-electron chi connectivity index (χ1n) is 8.39. The van der Waals surface area contributed by atoms with Crippen LogP contribution in [0.5, 0.6) is 0 Å². The highest BCUT2D eigenvalue weighted by atomic mass is 19.1. The summed E-state index contributed by atoms with van der Waals surface area (Å²) in [6.07, 6.45) is 0. The zero-order valence-electron chi connectivity index (χ0n) is 14.4. The Morgan fingerprint density at radius 1 is 1.04 bits per heavy atom. The van der Waals surface area contributed by atoms with Gasteiger partial charge in [0.1, 0.15) is 17.3 Å². The maximum atomic E-state index is 13.3. The molecule has 1 amide bonds. The van der Waals surface area contributed by atoms with Crippen LogP contribution in [0.3, 0.4) is 0 Å². The molecule has 0 saturated carbocycles. The van der Waals surface area contributed by atoms with Crippen molar-refractivity contribution in [2.45, 2.75) is 0 Å². The van der Waals surface area contributed by atoms with E-state index in [1.807, 2.05) is 9.80 Å². The number of benzene rings is 2. The summed E-state index contributed by atoms with van der Waals surface area (Å²) in [6, 6.07) is 9.03. The summed E-state index contributed by atoms with van der Waals surface area (Å²) < 4.78 is 26.2. The van der Waals surface area contributed by atoms with Gasteiger partial charge in [-0.3, -0.25) is 19.8 Å². The van der Waals surface area contributed by atoms with Crippen LogP contribution in [-0.4, -0.2) is 48.5 Å². The van der Waals surface area contributed by atoms with E-state index < -0.39 is 10.7 Å². The predicted molar refractivity (Wildman–Crippen MR) is 96.7 cm³/mol. The van der Waals surface area contributed by atoms with Gasteiger partial charge in [-0.2, -0.15) is 0 Å². The van der Waals surface area contributed by atoms with E-state index in [-0.39, 0.29) is 24.0 Å². The van der Waals surface area contributed by atoms with Gasteiger partial charge in [-0.05, 0) is 36.4 Å². The molecule has 2 aromatic rings. The van der Waals surface area contributed by atoms with E-state index in [2.05, 4.69) is 5.32 Å². The van der Waals surface area contributed by atoms with E-state index in [1.165, 1.54) is 36.4 Å². The molecule has 2 aromatic carbocycles. The van der Waals surface area contributed by atoms with E-state index in [4.69, 9.17) is 0 Å². The van der Waals surface area contributed by atoms with Crippen LogP contribution in [-0.2, 0) is 4.79 Å². The van der Waals surface area contributed by atoms with Gasteiger partial charge < -0.3 is 10.2 Å². The number of hydrogen-bond acceptors (Lipinski definition) is 5. The topological polar surface area (TPSA) is 78.7 Å². The Morgan fingerprint density at radius 2 is 1.67 bits per heavy atom. The SMILES string of the molecule is O=C(CN1CCN(c2ccc(F)cc2[N+](=O)[O-])CC1)Nc1ccc(F)cc1. The molecule has 0 aromatic heterocycles. The lowest BCUT2D eigenvalue weighted by molar-refractivity contribution is -0.384. The number of carbonyl (C=O) groups excluding carboxylic acids is 1. The first-order chi connectivity index (χ1) is 12.9. The largest absolute Gasteiger partial charge is 0.363 e. The fraction of sp³-hybridized carbons (Fsp3) is 0.278. The number of carbonyl (C=O) groups is 1. The fourth-order valence-corrected chi connectivity index (χ4v) is 2.99. The lowest BCUT2D eigenvalue weighted by Crippen LogP contribution is -2.48. The molecule has 0 bridgehead atoms. The standard InChI is InChI=1S/C18H18F2N4O3/c19-13-1-4-15(5-2-13)21-18(25)12-22-7-9-23(10-8-22)16-6-3-14(20)11-17(16)24(26)27/h1-6,11H,7-10,12H2,(H,21,25). The Bertz CT molecular complexity index is 837. The summed E-state index contributed by atoms with van der Waals surface area (Å²) in [7, 11) is 0. The quantitative estimate of drug-likeness (QED) is 0.641. The highest BCUT2D eigenvalue weighted by Gasteiger charge is 2.25. The van der Waals surface area contributed by atoms with Gasteiger partial charge in [0.05, 0.1) is 17.5 Å². The van der Waals surface area contributed by atoms with Crippen LogP contribution in [0.25, 0.3) is 0 Å². The lowest BCUT2D eigenvalue weighted by atomic mass is 10.2. The third kappa shape index (κ3) is 4.76. The molecule has 0 atom stereocenters. The van der Waals surface area contributed by atoms with Gasteiger partial charge in [-0.25, -0.2) is 8.78 Å². The average molecular weight is 376 g/mol. The summed E-state index contributed by atoms with van der Waals surface area (Å²) in [4.78, 5) is 26.4. The van der Waals surface area contributed by atoms with Gasteiger partial charge in [-0.1, -0.05) is 0 Å². The van der Waals surface area contributed by atoms with Gasteiger partial charge in [0.25, 0.3) is 5.69 Å². The van der Waals surface area contributed by atoms with Gasteiger partial charge >= 0.3 is 0 Å². The minimum atomic E-state index is -0.651. The molecule has 7 nitrogen and oxygen atoms in total. The van der Waals surface area contributed by atoms with Gasteiger partial charge in [-0.15, -0.1) is 0 Å². The Kier molecular flexibility index (Phi) is 5.60. The third-order valence-corrected chi connectivity index (χ3v) is 4.34. The number of nitrogens with zero attached hydrogens (tertiary/aromatic N) is 3. The van der Waals surface area contributed by atoms with Gasteiger partial charge in [0.2, 0.25) is 5.91 Å². The molecular weight excluding hydrogens is 358 g/mol. The second-order valence-corrected chi connectivity index (χ2v) is 6.21. The number of nitrogens with one attached hydrogen (secondary N) is 1. The van der Waals surface area contributed by atoms with Gasteiger partial charge in [0, 0.05) is 31.9 Å². The summed E-state index contributed by atoms with van der Waals surface area (Å²) in [5, 5.41) is 13.8. The Labute approximate surface area is 154 Å². The average Bonchev–Trinajstić information content (AvgIpc) is 2.64. The molecule has 27 heavy (non-hydrogen) atoms. The van der Waals surface area contributed by atoms with Crippen LogP contribution in [0.4, 0.5) is 25.8 Å². The molecule has 1 N–H and O–H groups in total. The molecule has 1 heterocycles. The van der Waals surface area contributed by atoms with Crippen LogP contribution < -0.4 is 10.2 Å². The zero-order valence-corrected chi connectivity index (χ0v) is 14.4. The first-order valence-corrected chi connectivity index (χ1v) is 8.39. The van der Waals surface area contributed by atoms with Crippen molar-refractivity contribution in [3.8, 4) is 0 Å². The lowest BCUT2D eigenvalue weighted by Gasteiger charge is -2.35. The summed E-state index contributed by atoms with van der Waals surface area (Å²) >= 11 is 0. The number of rotatable bonds is 5. The van der Waals surface area contributed by atoms with Crippen molar-refractivity contribution >= 4 is 23.0 Å². The van der Waals surface area contributed by atoms with Gasteiger partial charge in [0.15, 0.2) is 0 Å². The minimum absolute atomic E-state index is 0.163. The number of anilines is 2. The molecule has 1 aliphatic rings. The smallest absolute Gasteiger partial charge is 0.295 e. The molecule has 1 saturated heterocycles. The number of piperazine rings is 1. The number of hydrogen-bond donors (Lipinski definition) is 1. The van der Waals surface area contributed by atoms with Crippen molar-refractivity contribution in [3.05, 3.63) is 64.2 Å². The number of halogens is 2. The van der Waals surface area contributed by atoms with E-state index in [1.54, 1.807) is 0 Å². The molecule has 3 rings (SSSR count). The molecule has 142 valence electrons. The number of nitro benzene ring substituents is 1. The van der Waals surface area contributed by atoms with Crippen LogP contribution in [0.1, 0.15) is 0 Å². The zero-order chi connectivity index (χ0) is 19.4. The second kappa shape index (κ2) is 8.09. The Morgan fingerprint density at radius 3 is 2.30 bits per heavy atom. The van der Waals surface area contributed by atoms with Crippen molar-refractivity contribution in [3.63, 3.8) is 0 Å². The molecule has 0 aliphatic carbocycles. The Balaban J connectivity index is 1.55. The molecule has 1 aliphatic heterocycles. The van der Waals surface area contributed by atoms with Crippen molar-refractivity contribution in [1.29, 1.82) is 0 Å². The number of amides is 1. The second-order valence-electron chi connectivity index (χ2n) is 6.21. The minimum Gasteiger partial charge on any atom is -0.363 e. The molecule has 0 spiro atoms. The van der Waals surface area contributed by atoms with Crippen molar-refractivity contribution in [2.24, 2.45) is 0 Å². The molecule has 9 heteroatoms. The number of nitro groups is 1. The monoisotopic (exact) mass is 376 g/mol. The normalized spacial score (nSPS) is 14.8. The van der Waals surface area contributed by atoms with Crippen molar-refractivity contribution in [2.75, 3.05) is 42.9 Å². The summed E-state index contributed by atoms with van der Waals surface area (Å²) in [6.45, 7) is 2.19. The maximum absolute atomic E-state index is 13.3. The molecule has 0 radical (unpaired) electrons. The van der Waals surface area contributed by atoms with Crippen LogP contribution in [0.15, 0.2) is 42.5 Å². The molecule has 0 unspecified atom stereocenters. The van der Waals surface area contributed by atoms with E-state index in [0.29, 0.717) is 37.6 Å². The van der Waals surface area contributed by atoms with E-state index in [0.717, 1.165) is 6.07 Å². The van der Waals surface area contributed by atoms with Crippen LogP contribution >= 0.6 is 0 Å². The highest BCUT2D eigenvalue weighted by Crippen LogP contribution is 2.29. The van der Waals surface area contributed by atoms with Crippen LogP contribution in [0, 0.1) is 21.7 Å². The first kappa shape index (κ1) is 18.7. The van der Waals surface area contributed by atoms with Crippen molar-refractivity contribution < 1.29 is 18.5 Å². The van der Waals surface area contributed by atoms with E-state index >= 15 is 0 Å². The third-order valence-electron chi connectivity index (χ3n) is 4.34. The maximum Gasteiger partial charge on any atom is 0.295 e. The van der Waals surface area contributed by atoms with E-state index in [9.17, 15) is 23.7 Å². The van der Waals surface area contributed by atoms with Crippen LogP contribution in [0.2, 0.25) is 0 Å². The molecular formula is C18H18F2N4O3. The fourth-order valence-electron chi connectivity index (χ4n) is 2.99. The predicted octanol–water partition coefficient (Wildman–Crippen LogP) is 2.63. The summed E-state index contributed by atoms with van der Waals surface area (Å²) in [5.41, 5.74) is 0.622.